The highest BCUT2D eigenvalue weighted by Crippen LogP contribution is 2.27. The van der Waals surface area contributed by atoms with Crippen molar-refractivity contribution in [2.75, 3.05) is 16.7 Å². The Morgan fingerprint density at radius 1 is 0.889 bits per heavy atom. The maximum atomic E-state index is 13.0. The maximum Gasteiger partial charge on any atom is 0.266 e. The molecule has 1 N–H and O–H groups in total. The van der Waals surface area contributed by atoms with E-state index in [2.05, 4.69) is 5.32 Å². The maximum absolute atomic E-state index is 13.0. The van der Waals surface area contributed by atoms with Gasteiger partial charge < -0.3 is 5.32 Å². The lowest BCUT2D eigenvalue weighted by Crippen LogP contribution is -2.27. The molecule has 0 aliphatic heterocycles. The summed E-state index contributed by atoms with van der Waals surface area (Å²) in [6.07, 6.45) is 0. The molecule has 0 saturated heterocycles. The number of hydrogen-bond acceptors (Lipinski definition) is 3. The van der Waals surface area contributed by atoms with Gasteiger partial charge in [-0.3, -0.25) is 9.10 Å². The van der Waals surface area contributed by atoms with Crippen LogP contribution in [0.5, 0.6) is 0 Å². The van der Waals surface area contributed by atoms with Crippen molar-refractivity contribution in [1.82, 2.24) is 0 Å². The van der Waals surface area contributed by atoms with E-state index >= 15 is 0 Å². The Kier molecular flexibility index (Phi) is 5.23. The van der Waals surface area contributed by atoms with Gasteiger partial charge in [0.15, 0.2) is 0 Å². The van der Waals surface area contributed by atoms with E-state index in [-0.39, 0.29) is 16.1 Å². The molecule has 1 amide bonds. The number of nitrogens with zero attached hydrogens (tertiary/aromatic N) is 1. The first-order chi connectivity index (χ1) is 12.9. The fourth-order valence-electron chi connectivity index (χ4n) is 2.51. The molecule has 0 spiro atoms. The summed E-state index contributed by atoms with van der Waals surface area (Å²) >= 11 is 0. The van der Waals surface area contributed by atoms with Crippen molar-refractivity contribution in [3.8, 4) is 0 Å². The van der Waals surface area contributed by atoms with E-state index in [9.17, 15) is 17.6 Å². The largest absolute Gasteiger partial charge is 0.321 e. The van der Waals surface area contributed by atoms with E-state index < -0.39 is 21.7 Å². The highest BCUT2D eigenvalue weighted by Gasteiger charge is 2.25. The first kappa shape index (κ1) is 18.6. The van der Waals surface area contributed by atoms with Crippen molar-refractivity contribution in [2.24, 2.45) is 0 Å². The molecule has 5 nitrogen and oxygen atoms in total. The SMILES string of the molecule is CN(c1ccccc1)S(=O)(=O)c1ccccc1NC(=O)c1ccc(F)cc1. The summed E-state index contributed by atoms with van der Waals surface area (Å²) in [5.74, 6) is -0.987. The van der Waals surface area contributed by atoms with Crippen LogP contribution in [0.15, 0.2) is 83.8 Å². The number of anilines is 2. The predicted molar refractivity (Wildman–Crippen MR) is 103 cm³/mol. The number of carbonyl (C=O) groups is 1. The molecule has 3 aromatic rings. The molecule has 0 aliphatic rings. The molecule has 0 aliphatic carbocycles. The van der Waals surface area contributed by atoms with Crippen LogP contribution in [0.25, 0.3) is 0 Å². The van der Waals surface area contributed by atoms with E-state index in [1.807, 2.05) is 0 Å². The molecule has 0 heterocycles. The summed E-state index contributed by atoms with van der Waals surface area (Å²) in [6, 6.07) is 19.8. The van der Waals surface area contributed by atoms with Gasteiger partial charge in [0, 0.05) is 12.6 Å². The van der Waals surface area contributed by atoms with Crippen molar-refractivity contribution in [3.05, 3.63) is 90.2 Å². The van der Waals surface area contributed by atoms with Crippen LogP contribution in [0, 0.1) is 5.82 Å². The van der Waals surface area contributed by atoms with Crippen molar-refractivity contribution >= 4 is 27.3 Å². The number of sulfonamides is 1. The van der Waals surface area contributed by atoms with Gasteiger partial charge >= 0.3 is 0 Å². The van der Waals surface area contributed by atoms with E-state index in [1.165, 1.54) is 43.4 Å². The van der Waals surface area contributed by atoms with Gasteiger partial charge in [0.2, 0.25) is 0 Å². The average molecular weight is 384 g/mol. The number of nitrogens with one attached hydrogen (secondary N) is 1. The van der Waals surface area contributed by atoms with Gasteiger partial charge in [0.25, 0.3) is 15.9 Å². The minimum absolute atomic E-state index is 0.0354. The lowest BCUT2D eigenvalue weighted by atomic mass is 10.2. The molecule has 0 atom stereocenters. The lowest BCUT2D eigenvalue weighted by Gasteiger charge is -2.21. The number of carbonyl (C=O) groups excluding carboxylic acids is 1. The number of halogens is 1. The molecule has 0 unspecified atom stereocenters. The van der Waals surface area contributed by atoms with Gasteiger partial charge in [-0.15, -0.1) is 0 Å². The summed E-state index contributed by atoms with van der Waals surface area (Å²) in [4.78, 5) is 12.4. The van der Waals surface area contributed by atoms with Gasteiger partial charge in [-0.05, 0) is 48.5 Å². The van der Waals surface area contributed by atoms with Crippen LogP contribution < -0.4 is 9.62 Å². The van der Waals surface area contributed by atoms with Crippen LogP contribution in [0.2, 0.25) is 0 Å². The Bertz CT molecular complexity index is 1050. The first-order valence-electron chi connectivity index (χ1n) is 8.09. The van der Waals surface area contributed by atoms with Gasteiger partial charge in [0.1, 0.15) is 10.7 Å². The summed E-state index contributed by atoms with van der Waals surface area (Å²) in [5.41, 5.74) is 0.867. The zero-order chi connectivity index (χ0) is 19.4. The van der Waals surface area contributed by atoms with Crippen LogP contribution in [-0.2, 0) is 10.0 Å². The summed E-state index contributed by atoms with van der Waals surface area (Å²) in [7, 11) is -2.45. The Morgan fingerprint density at radius 2 is 1.48 bits per heavy atom. The highest BCUT2D eigenvalue weighted by atomic mass is 32.2. The van der Waals surface area contributed by atoms with E-state index in [1.54, 1.807) is 42.5 Å². The standard InChI is InChI=1S/C20H17FN2O3S/c1-23(17-7-3-2-4-8-17)27(25,26)19-10-6-5-9-18(19)22-20(24)15-11-13-16(21)14-12-15/h2-14H,1H3,(H,22,24). The van der Waals surface area contributed by atoms with E-state index in [0.29, 0.717) is 5.69 Å². The average Bonchev–Trinajstić information content (AvgIpc) is 2.69. The normalized spacial score (nSPS) is 11.0. The van der Waals surface area contributed by atoms with Crippen LogP contribution in [0.4, 0.5) is 15.8 Å². The number of rotatable bonds is 5. The lowest BCUT2D eigenvalue weighted by molar-refractivity contribution is 0.102. The van der Waals surface area contributed by atoms with Crippen LogP contribution >= 0.6 is 0 Å². The van der Waals surface area contributed by atoms with E-state index in [0.717, 1.165) is 4.31 Å². The molecular weight excluding hydrogens is 367 g/mol. The molecule has 0 aromatic heterocycles. The molecule has 0 radical (unpaired) electrons. The summed E-state index contributed by atoms with van der Waals surface area (Å²) < 4.78 is 40.3. The van der Waals surface area contributed by atoms with Crippen molar-refractivity contribution in [3.63, 3.8) is 0 Å². The van der Waals surface area contributed by atoms with Crippen molar-refractivity contribution in [1.29, 1.82) is 0 Å². The van der Waals surface area contributed by atoms with Gasteiger partial charge in [-0.1, -0.05) is 30.3 Å². The fraction of sp³-hybridized carbons (Fsp3) is 0.0500. The minimum Gasteiger partial charge on any atom is -0.321 e. The second-order valence-corrected chi connectivity index (χ2v) is 7.70. The van der Waals surface area contributed by atoms with Crippen LogP contribution in [0.3, 0.4) is 0 Å². The van der Waals surface area contributed by atoms with Crippen molar-refractivity contribution < 1.29 is 17.6 Å². The van der Waals surface area contributed by atoms with Gasteiger partial charge in [-0.25, -0.2) is 12.8 Å². The number of amides is 1. The Morgan fingerprint density at radius 3 is 2.15 bits per heavy atom. The first-order valence-corrected chi connectivity index (χ1v) is 9.53. The minimum atomic E-state index is -3.90. The molecule has 0 bridgehead atoms. The quantitative estimate of drug-likeness (QED) is 0.725. The third-order valence-corrected chi connectivity index (χ3v) is 5.84. The molecule has 138 valence electrons. The third-order valence-electron chi connectivity index (χ3n) is 4.00. The summed E-state index contributed by atoms with van der Waals surface area (Å²) in [6.45, 7) is 0. The molecule has 0 fully saturated rings. The smallest absolute Gasteiger partial charge is 0.266 e. The third kappa shape index (κ3) is 3.98. The second-order valence-electron chi connectivity index (χ2n) is 5.77. The Hall–Kier alpha value is -3.19. The van der Waals surface area contributed by atoms with Crippen molar-refractivity contribution in [2.45, 2.75) is 4.90 Å². The second kappa shape index (κ2) is 7.59. The molecule has 3 aromatic carbocycles. The molecule has 3 rings (SSSR count). The molecule has 0 saturated carbocycles. The zero-order valence-electron chi connectivity index (χ0n) is 14.5. The highest BCUT2D eigenvalue weighted by molar-refractivity contribution is 7.93. The fourth-order valence-corrected chi connectivity index (χ4v) is 3.86. The van der Waals surface area contributed by atoms with Crippen LogP contribution in [-0.4, -0.2) is 21.4 Å². The molecular formula is C20H17FN2O3S. The molecule has 27 heavy (non-hydrogen) atoms. The Labute approximate surface area is 157 Å². The topological polar surface area (TPSA) is 66.5 Å². The Balaban J connectivity index is 1.93. The predicted octanol–water partition coefficient (Wildman–Crippen LogP) is 3.90. The van der Waals surface area contributed by atoms with Gasteiger partial charge in [0.05, 0.1) is 11.4 Å². The zero-order valence-corrected chi connectivity index (χ0v) is 15.3. The van der Waals surface area contributed by atoms with E-state index in [4.69, 9.17) is 0 Å². The summed E-state index contributed by atoms with van der Waals surface area (Å²) in [5, 5.41) is 2.59. The van der Waals surface area contributed by atoms with Crippen LogP contribution in [0.1, 0.15) is 10.4 Å². The van der Waals surface area contributed by atoms with Gasteiger partial charge in [-0.2, -0.15) is 0 Å². The monoisotopic (exact) mass is 384 g/mol. The number of benzene rings is 3. The number of para-hydroxylation sites is 2. The molecule has 7 heteroatoms. The number of hydrogen-bond donors (Lipinski definition) is 1.